The SMILES string of the molecule is CCCCNC(=O)COC(=O)c1c(NC(C)=O)sc2c1CCCC2. The van der Waals surface area contributed by atoms with E-state index in [1.54, 1.807) is 0 Å². The van der Waals surface area contributed by atoms with Crippen LogP contribution in [0.25, 0.3) is 0 Å². The van der Waals surface area contributed by atoms with Crippen LogP contribution in [-0.2, 0) is 27.2 Å². The monoisotopic (exact) mass is 352 g/mol. The van der Waals surface area contributed by atoms with Gasteiger partial charge in [0.1, 0.15) is 5.00 Å². The van der Waals surface area contributed by atoms with Gasteiger partial charge in [0.25, 0.3) is 5.91 Å². The van der Waals surface area contributed by atoms with Gasteiger partial charge in [0.2, 0.25) is 5.91 Å². The summed E-state index contributed by atoms with van der Waals surface area (Å²) in [6.07, 6.45) is 5.70. The molecule has 0 unspecified atom stereocenters. The van der Waals surface area contributed by atoms with E-state index in [1.165, 1.54) is 18.3 Å². The number of carbonyl (C=O) groups is 3. The Morgan fingerprint density at radius 2 is 1.96 bits per heavy atom. The molecule has 24 heavy (non-hydrogen) atoms. The molecular formula is C17H24N2O4S. The smallest absolute Gasteiger partial charge is 0.341 e. The van der Waals surface area contributed by atoms with Crippen LogP contribution in [0.3, 0.4) is 0 Å². The van der Waals surface area contributed by atoms with E-state index in [4.69, 9.17) is 4.74 Å². The Labute approximate surface area is 146 Å². The number of ether oxygens (including phenoxy) is 1. The molecule has 0 bridgehead atoms. The van der Waals surface area contributed by atoms with E-state index in [2.05, 4.69) is 10.6 Å². The summed E-state index contributed by atoms with van der Waals surface area (Å²) in [6.45, 7) is 3.73. The number of thiophene rings is 1. The number of aryl methyl sites for hydroxylation is 1. The number of fused-ring (bicyclic) bond motifs is 1. The van der Waals surface area contributed by atoms with Crippen molar-refractivity contribution in [1.29, 1.82) is 0 Å². The molecule has 0 aromatic carbocycles. The van der Waals surface area contributed by atoms with Crippen molar-refractivity contribution in [2.24, 2.45) is 0 Å². The molecule has 0 saturated carbocycles. The second kappa shape index (κ2) is 8.82. The minimum atomic E-state index is -0.538. The van der Waals surface area contributed by atoms with E-state index >= 15 is 0 Å². The minimum absolute atomic E-state index is 0.222. The highest BCUT2D eigenvalue weighted by Crippen LogP contribution is 2.38. The lowest BCUT2D eigenvalue weighted by atomic mass is 9.95. The molecule has 1 aromatic rings. The molecule has 0 atom stereocenters. The molecule has 2 amide bonds. The topological polar surface area (TPSA) is 84.5 Å². The summed E-state index contributed by atoms with van der Waals surface area (Å²) < 4.78 is 5.17. The van der Waals surface area contributed by atoms with Gasteiger partial charge >= 0.3 is 5.97 Å². The van der Waals surface area contributed by atoms with E-state index in [9.17, 15) is 14.4 Å². The first kappa shape index (κ1) is 18.4. The number of carbonyl (C=O) groups excluding carboxylic acids is 3. The van der Waals surface area contributed by atoms with Crippen LogP contribution in [0.4, 0.5) is 5.00 Å². The number of unbranched alkanes of at least 4 members (excludes halogenated alkanes) is 1. The van der Waals surface area contributed by atoms with Gasteiger partial charge in [-0.1, -0.05) is 13.3 Å². The number of esters is 1. The quantitative estimate of drug-likeness (QED) is 0.584. The largest absolute Gasteiger partial charge is 0.452 e. The fraction of sp³-hybridized carbons (Fsp3) is 0.588. The van der Waals surface area contributed by atoms with Crippen molar-refractivity contribution in [2.75, 3.05) is 18.5 Å². The standard InChI is InChI=1S/C17H24N2O4S/c1-3-4-9-18-14(21)10-23-17(22)15-12-7-5-6-8-13(12)24-16(15)19-11(2)20/h3-10H2,1-2H3,(H,18,21)(H,19,20). The molecule has 7 heteroatoms. The zero-order valence-electron chi connectivity index (χ0n) is 14.2. The number of anilines is 1. The molecule has 0 spiro atoms. The van der Waals surface area contributed by atoms with Crippen molar-refractivity contribution in [2.45, 2.75) is 52.4 Å². The average Bonchev–Trinajstić information content (AvgIpc) is 2.90. The predicted molar refractivity (Wildman–Crippen MR) is 93.5 cm³/mol. The van der Waals surface area contributed by atoms with Gasteiger partial charge in [0.05, 0.1) is 5.56 Å². The molecule has 1 heterocycles. The normalized spacial score (nSPS) is 13.1. The van der Waals surface area contributed by atoms with Crippen molar-refractivity contribution in [3.05, 3.63) is 16.0 Å². The Morgan fingerprint density at radius 1 is 1.21 bits per heavy atom. The molecule has 2 rings (SSSR count). The molecule has 0 radical (unpaired) electrons. The Bertz CT molecular complexity index is 624. The average molecular weight is 352 g/mol. The third-order valence-corrected chi connectivity index (χ3v) is 5.06. The van der Waals surface area contributed by atoms with E-state index in [-0.39, 0.29) is 18.4 Å². The third kappa shape index (κ3) is 4.80. The first-order valence-corrected chi connectivity index (χ1v) is 9.20. The minimum Gasteiger partial charge on any atom is -0.452 e. The lowest BCUT2D eigenvalue weighted by Crippen LogP contribution is -2.29. The molecule has 0 fully saturated rings. The zero-order chi connectivity index (χ0) is 17.5. The second-order valence-corrected chi connectivity index (χ2v) is 6.98. The third-order valence-electron chi connectivity index (χ3n) is 3.85. The zero-order valence-corrected chi connectivity index (χ0v) is 15.0. The summed E-state index contributed by atoms with van der Waals surface area (Å²) in [7, 11) is 0. The van der Waals surface area contributed by atoms with Crippen LogP contribution in [0, 0.1) is 0 Å². The first-order valence-electron chi connectivity index (χ1n) is 8.38. The van der Waals surface area contributed by atoms with Crippen LogP contribution in [0.5, 0.6) is 0 Å². The molecule has 1 aliphatic carbocycles. The second-order valence-electron chi connectivity index (χ2n) is 5.88. The van der Waals surface area contributed by atoms with Gasteiger partial charge in [-0.2, -0.15) is 0 Å². The van der Waals surface area contributed by atoms with Crippen LogP contribution < -0.4 is 10.6 Å². The summed E-state index contributed by atoms with van der Waals surface area (Å²) in [4.78, 5) is 36.7. The van der Waals surface area contributed by atoms with Crippen LogP contribution in [-0.4, -0.2) is 30.9 Å². The summed E-state index contributed by atoms with van der Waals surface area (Å²) in [5, 5.41) is 5.96. The highest BCUT2D eigenvalue weighted by molar-refractivity contribution is 7.17. The lowest BCUT2D eigenvalue weighted by molar-refractivity contribution is -0.124. The van der Waals surface area contributed by atoms with Gasteiger partial charge in [-0.15, -0.1) is 11.3 Å². The molecule has 132 valence electrons. The highest BCUT2D eigenvalue weighted by Gasteiger charge is 2.27. The summed E-state index contributed by atoms with van der Waals surface area (Å²) in [5.41, 5.74) is 1.39. The Morgan fingerprint density at radius 3 is 2.67 bits per heavy atom. The van der Waals surface area contributed by atoms with Gasteiger partial charge in [-0.3, -0.25) is 9.59 Å². The molecule has 2 N–H and O–H groups in total. The number of hydrogen-bond donors (Lipinski definition) is 2. The van der Waals surface area contributed by atoms with Crippen molar-refractivity contribution in [3.8, 4) is 0 Å². The summed E-state index contributed by atoms with van der Waals surface area (Å²) in [6, 6.07) is 0. The van der Waals surface area contributed by atoms with E-state index in [1.807, 2.05) is 6.92 Å². The number of hydrogen-bond acceptors (Lipinski definition) is 5. The fourth-order valence-corrected chi connectivity index (χ4v) is 4.01. The highest BCUT2D eigenvalue weighted by atomic mass is 32.1. The molecule has 1 aromatic heterocycles. The predicted octanol–water partition coefficient (Wildman–Crippen LogP) is 2.66. The fourth-order valence-electron chi connectivity index (χ4n) is 2.69. The summed E-state index contributed by atoms with van der Waals surface area (Å²) in [5.74, 6) is -1.06. The number of nitrogens with one attached hydrogen (secondary N) is 2. The maximum Gasteiger partial charge on any atom is 0.341 e. The van der Waals surface area contributed by atoms with E-state index in [0.29, 0.717) is 17.1 Å². The maximum absolute atomic E-state index is 12.5. The Balaban J connectivity index is 2.06. The van der Waals surface area contributed by atoms with Gasteiger partial charge in [0.15, 0.2) is 6.61 Å². The van der Waals surface area contributed by atoms with Gasteiger partial charge in [-0.25, -0.2) is 4.79 Å². The van der Waals surface area contributed by atoms with E-state index < -0.39 is 5.97 Å². The maximum atomic E-state index is 12.5. The van der Waals surface area contributed by atoms with Gasteiger partial charge in [0, 0.05) is 18.3 Å². The summed E-state index contributed by atoms with van der Waals surface area (Å²) >= 11 is 1.44. The molecule has 0 saturated heterocycles. The molecule has 0 aliphatic heterocycles. The van der Waals surface area contributed by atoms with Gasteiger partial charge < -0.3 is 15.4 Å². The van der Waals surface area contributed by atoms with Crippen molar-refractivity contribution in [3.63, 3.8) is 0 Å². The molecule has 6 nitrogen and oxygen atoms in total. The van der Waals surface area contributed by atoms with Crippen molar-refractivity contribution < 1.29 is 19.1 Å². The van der Waals surface area contributed by atoms with Crippen LogP contribution in [0.2, 0.25) is 0 Å². The van der Waals surface area contributed by atoms with E-state index in [0.717, 1.165) is 49.0 Å². The van der Waals surface area contributed by atoms with Crippen LogP contribution >= 0.6 is 11.3 Å². The van der Waals surface area contributed by atoms with Crippen molar-refractivity contribution in [1.82, 2.24) is 5.32 Å². The number of rotatable bonds is 7. The first-order chi connectivity index (χ1) is 11.5. The molecule has 1 aliphatic rings. The van der Waals surface area contributed by atoms with Crippen LogP contribution in [0.1, 0.15) is 60.3 Å². The Hall–Kier alpha value is -1.89. The molecular weight excluding hydrogens is 328 g/mol. The lowest BCUT2D eigenvalue weighted by Gasteiger charge is -2.12. The van der Waals surface area contributed by atoms with Crippen LogP contribution in [0.15, 0.2) is 0 Å². The van der Waals surface area contributed by atoms with Gasteiger partial charge in [-0.05, 0) is 37.7 Å². The van der Waals surface area contributed by atoms with Crippen molar-refractivity contribution >= 4 is 34.1 Å². The number of amides is 2. The Kier molecular flexibility index (Phi) is 6.78.